The zero-order valence-corrected chi connectivity index (χ0v) is 16.4. The number of hydrogen-bond acceptors (Lipinski definition) is 4. The lowest BCUT2D eigenvalue weighted by Gasteiger charge is -2.32. The van der Waals surface area contributed by atoms with Crippen LogP contribution < -0.4 is 15.0 Å². The Bertz CT molecular complexity index is 832. The number of alkyl halides is 3. The minimum atomic E-state index is -4.39. The summed E-state index contributed by atoms with van der Waals surface area (Å²) in [4.78, 5) is 18.5. The second-order valence-electron chi connectivity index (χ2n) is 7.14. The summed E-state index contributed by atoms with van der Waals surface area (Å²) in [6.07, 6.45) is -2.31. The fraction of sp³-hybridized carbons (Fsp3) is 0.429. The third-order valence-corrected chi connectivity index (χ3v) is 5.23. The van der Waals surface area contributed by atoms with Crippen LogP contribution in [0.1, 0.15) is 36.9 Å². The number of aromatic nitrogens is 1. The van der Waals surface area contributed by atoms with E-state index in [1.54, 1.807) is 7.11 Å². The minimum Gasteiger partial charge on any atom is -0.496 e. The van der Waals surface area contributed by atoms with Crippen LogP contribution in [0.5, 0.6) is 5.75 Å². The van der Waals surface area contributed by atoms with Gasteiger partial charge in [0, 0.05) is 30.8 Å². The van der Waals surface area contributed by atoms with Crippen molar-refractivity contribution in [2.24, 2.45) is 5.92 Å². The van der Waals surface area contributed by atoms with Crippen LogP contribution in [0, 0.1) is 5.92 Å². The number of nitrogens with one attached hydrogen (secondary N) is 1. The monoisotopic (exact) mass is 407 g/mol. The number of halogens is 3. The van der Waals surface area contributed by atoms with Gasteiger partial charge in [-0.15, -0.1) is 0 Å². The smallest absolute Gasteiger partial charge is 0.417 e. The largest absolute Gasteiger partial charge is 0.496 e. The second-order valence-corrected chi connectivity index (χ2v) is 7.14. The highest BCUT2D eigenvalue weighted by atomic mass is 19.4. The average molecular weight is 407 g/mol. The molecule has 2 aromatic rings. The van der Waals surface area contributed by atoms with Gasteiger partial charge in [-0.25, -0.2) is 4.98 Å². The third kappa shape index (κ3) is 4.99. The van der Waals surface area contributed by atoms with Gasteiger partial charge in [0.15, 0.2) is 0 Å². The van der Waals surface area contributed by atoms with E-state index in [9.17, 15) is 18.0 Å². The van der Waals surface area contributed by atoms with Crippen molar-refractivity contribution in [2.45, 2.75) is 32.0 Å². The number of hydrogen-bond donors (Lipinski definition) is 1. The maximum Gasteiger partial charge on any atom is 0.417 e. The van der Waals surface area contributed by atoms with E-state index in [4.69, 9.17) is 4.74 Å². The lowest BCUT2D eigenvalue weighted by molar-refractivity contribution is -0.137. The first-order valence-electron chi connectivity index (χ1n) is 9.51. The summed E-state index contributed by atoms with van der Waals surface area (Å²) in [6, 6.07) is 9.78. The highest BCUT2D eigenvalue weighted by Crippen LogP contribution is 2.30. The number of carbonyl (C=O) groups excluding carboxylic acids is 1. The molecule has 1 amide bonds. The SMILES string of the molecule is COc1ccccc1C(C)NC(=O)C1CCN(c2ccc(C(F)(F)F)cn2)CC1. The molecule has 8 heteroatoms. The lowest BCUT2D eigenvalue weighted by atomic mass is 9.95. The molecule has 1 fully saturated rings. The Kier molecular flexibility index (Phi) is 6.30. The molecule has 0 spiro atoms. The molecule has 1 unspecified atom stereocenters. The molecule has 29 heavy (non-hydrogen) atoms. The van der Waals surface area contributed by atoms with Gasteiger partial charge >= 0.3 is 6.18 Å². The number of pyridine rings is 1. The zero-order valence-electron chi connectivity index (χ0n) is 16.4. The quantitative estimate of drug-likeness (QED) is 0.807. The molecule has 1 aliphatic rings. The molecule has 0 saturated carbocycles. The molecule has 1 N–H and O–H groups in total. The van der Waals surface area contributed by atoms with Crippen LogP contribution in [-0.4, -0.2) is 31.1 Å². The second kappa shape index (κ2) is 8.71. The van der Waals surface area contributed by atoms with Gasteiger partial charge in [0.25, 0.3) is 0 Å². The Labute approximate surface area is 167 Å². The summed E-state index contributed by atoms with van der Waals surface area (Å²) < 4.78 is 43.4. The van der Waals surface area contributed by atoms with Gasteiger partial charge < -0.3 is 15.0 Å². The molecule has 1 aromatic carbocycles. The van der Waals surface area contributed by atoms with Gasteiger partial charge in [-0.05, 0) is 38.0 Å². The van der Waals surface area contributed by atoms with Crippen molar-refractivity contribution in [3.05, 3.63) is 53.7 Å². The van der Waals surface area contributed by atoms with Gasteiger partial charge in [0.05, 0.1) is 18.7 Å². The molecule has 0 radical (unpaired) electrons. The van der Waals surface area contributed by atoms with E-state index in [0.717, 1.165) is 23.6 Å². The molecule has 0 aliphatic carbocycles. The highest BCUT2D eigenvalue weighted by molar-refractivity contribution is 5.79. The van der Waals surface area contributed by atoms with Gasteiger partial charge in [0.1, 0.15) is 11.6 Å². The number of ether oxygens (including phenoxy) is 1. The molecule has 2 heterocycles. The first-order chi connectivity index (χ1) is 13.8. The van der Waals surface area contributed by atoms with E-state index in [-0.39, 0.29) is 17.9 Å². The number of rotatable bonds is 5. The van der Waals surface area contributed by atoms with E-state index in [1.807, 2.05) is 36.1 Å². The maximum atomic E-state index is 12.7. The number of methoxy groups -OCH3 is 1. The predicted octanol–water partition coefficient (Wildman–Crippen LogP) is 4.20. The van der Waals surface area contributed by atoms with Crippen molar-refractivity contribution in [3.63, 3.8) is 0 Å². The van der Waals surface area contributed by atoms with Crippen molar-refractivity contribution >= 4 is 11.7 Å². The fourth-order valence-electron chi connectivity index (χ4n) is 3.54. The number of piperidine rings is 1. The van der Waals surface area contributed by atoms with E-state index >= 15 is 0 Å². The normalized spacial score (nSPS) is 16.4. The lowest BCUT2D eigenvalue weighted by Crippen LogP contribution is -2.41. The van der Waals surface area contributed by atoms with Crippen LogP contribution in [0.4, 0.5) is 19.0 Å². The van der Waals surface area contributed by atoms with Crippen molar-refractivity contribution in [3.8, 4) is 5.75 Å². The number of benzene rings is 1. The molecular weight excluding hydrogens is 383 g/mol. The summed E-state index contributed by atoms with van der Waals surface area (Å²) in [5.41, 5.74) is 0.149. The first-order valence-corrected chi connectivity index (χ1v) is 9.51. The summed E-state index contributed by atoms with van der Waals surface area (Å²) >= 11 is 0. The van der Waals surface area contributed by atoms with Crippen LogP contribution in [0.3, 0.4) is 0 Å². The first kappa shape index (κ1) is 21.0. The number of para-hydroxylation sites is 1. The molecule has 1 saturated heterocycles. The molecule has 1 atom stereocenters. The minimum absolute atomic E-state index is 0.0246. The number of carbonyl (C=O) groups is 1. The molecule has 3 rings (SSSR count). The topological polar surface area (TPSA) is 54.5 Å². The maximum absolute atomic E-state index is 12.7. The summed E-state index contributed by atoms with van der Waals surface area (Å²) in [7, 11) is 1.60. The van der Waals surface area contributed by atoms with Gasteiger partial charge in [-0.3, -0.25) is 4.79 Å². The number of anilines is 1. The summed E-state index contributed by atoms with van der Waals surface area (Å²) in [5.74, 6) is 1.06. The Morgan fingerprint density at radius 3 is 2.48 bits per heavy atom. The molecule has 156 valence electrons. The van der Waals surface area contributed by atoms with Crippen molar-refractivity contribution in [1.29, 1.82) is 0 Å². The fourth-order valence-corrected chi connectivity index (χ4v) is 3.54. The van der Waals surface area contributed by atoms with Crippen LogP contribution in [0.2, 0.25) is 0 Å². The number of nitrogens with zero attached hydrogens (tertiary/aromatic N) is 2. The highest BCUT2D eigenvalue weighted by Gasteiger charge is 2.31. The Balaban J connectivity index is 1.55. The van der Waals surface area contributed by atoms with Crippen molar-refractivity contribution in [2.75, 3.05) is 25.1 Å². The molecule has 0 bridgehead atoms. The van der Waals surface area contributed by atoms with Crippen molar-refractivity contribution in [1.82, 2.24) is 10.3 Å². The Morgan fingerprint density at radius 1 is 1.21 bits per heavy atom. The van der Waals surface area contributed by atoms with E-state index in [0.29, 0.717) is 31.7 Å². The predicted molar refractivity (Wildman–Crippen MR) is 104 cm³/mol. The van der Waals surface area contributed by atoms with E-state index in [1.165, 1.54) is 6.07 Å². The molecule has 5 nitrogen and oxygen atoms in total. The van der Waals surface area contributed by atoms with Gasteiger partial charge in [-0.2, -0.15) is 13.2 Å². The van der Waals surface area contributed by atoms with E-state index in [2.05, 4.69) is 10.3 Å². The molecule has 1 aromatic heterocycles. The Morgan fingerprint density at radius 2 is 1.90 bits per heavy atom. The van der Waals surface area contributed by atoms with Crippen LogP contribution >= 0.6 is 0 Å². The summed E-state index contributed by atoms with van der Waals surface area (Å²) in [6.45, 7) is 3.05. The van der Waals surface area contributed by atoms with Crippen LogP contribution in [0.25, 0.3) is 0 Å². The summed E-state index contributed by atoms with van der Waals surface area (Å²) in [5, 5.41) is 3.04. The van der Waals surface area contributed by atoms with Crippen molar-refractivity contribution < 1.29 is 22.7 Å². The standard InChI is InChI=1S/C21H24F3N3O2/c1-14(17-5-3-4-6-18(17)29-2)26-20(28)15-9-11-27(12-10-15)19-8-7-16(13-25-19)21(22,23)24/h3-8,13-15H,9-12H2,1-2H3,(H,26,28). The van der Waals surface area contributed by atoms with Crippen LogP contribution in [-0.2, 0) is 11.0 Å². The molecule has 1 aliphatic heterocycles. The zero-order chi connectivity index (χ0) is 21.0. The third-order valence-electron chi connectivity index (χ3n) is 5.23. The molecular formula is C21H24F3N3O2. The van der Waals surface area contributed by atoms with Gasteiger partial charge in [-0.1, -0.05) is 18.2 Å². The van der Waals surface area contributed by atoms with Crippen LogP contribution in [0.15, 0.2) is 42.6 Å². The van der Waals surface area contributed by atoms with E-state index < -0.39 is 11.7 Å². The number of amides is 1. The van der Waals surface area contributed by atoms with Gasteiger partial charge in [0.2, 0.25) is 5.91 Å². The Hall–Kier alpha value is -2.77. The average Bonchev–Trinajstić information content (AvgIpc) is 2.73.